The number of hydrogen-bond donors (Lipinski definition) is 1. The minimum atomic E-state index is 1.21. The van der Waals surface area contributed by atoms with Crippen LogP contribution in [-0.4, -0.2) is 4.98 Å². The van der Waals surface area contributed by atoms with E-state index in [0.29, 0.717) is 0 Å². The van der Waals surface area contributed by atoms with Gasteiger partial charge in [0.15, 0.2) is 0 Å². The van der Waals surface area contributed by atoms with Crippen LogP contribution in [0.2, 0.25) is 0 Å². The average Bonchev–Trinajstić information content (AvgIpc) is 2.68. The lowest BCUT2D eigenvalue weighted by Gasteiger charge is -2.03. The Bertz CT molecular complexity index is 677. The van der Waals surface area contributed by atoms with Gasteiger partial charge in [0.05, 0.1) is 0 Å². The zero-order valence-electron chi connectivity index (χ0n) is 10.1. The molecular weight excluding hydrogens is 206 g/mol. The Labute approximate surface area is 101 Å². The van der Waals surface area contributed by atoms with Crippen molar-refractivity contribution in [3.05, 3.63) is 59.8 Å². The highest BCUT2D eigenvalue weighted by Gasteiger charge is 2.05. The number of nitrogens with one attached hydrogen (secondary N) is 1. The van der Waals surface area contributed by atoms with Crippen molar-refractivity contribution < 1.29 is 0 Å². The highest BCUT2D eigenvalue weighted by molar-refractivity contribution is 5.87. The lowest BCUT2D eigenvalue weighted by Crippen LogP contribution is -1.81. The van der Waals surface area contributed by atoms with Crippen LogP contribution >= 0.6 is 0 Å². The zero-order valence-corrected chi connectivity index (χ0v) is 10.1. The Hall–Kier alpha value is -2.02. The van der Waals surface area contributed by atoms with E-state index in [0.717, 1.165) is 0 Å². The molecule has 1 heterocycles. The molecule has 0 fully saturated rings. The summed E-state index contributed by atoms with van der Waals surface area (Å²) in [5.74, 6) is 0. The molecule has 0 atom stereocenters. The van der Waals surface area contributed by atoms with E-state index < -0.39 is 0 Å². The maximum atomic E-state index is 3.43. The third-order valence-corrected chi connectivity index (χ3v) is 3.19. The van der Waals surface area contributed by atoms with Gasteiger partial charge in [-0.05, 0) is 47.9 Å². The molecule has 1 aromatic heterocycles. The van der Waals surface area contributed by atoms with E-state index >= 15 is 0 Å². The third-order valence-electron chi connectivity index (χ3n) is 3.19. The summed E-state index contributed by atoms with van der Waals surface area (Å²) in [4.78, 5) is 3.43. The number of hydrogen-bond acceptors (Lipinski definition) is 0. The van der Waals surface area contributed by atoms with E-state index in [1.165, 1.54) is 33.3 Å². The minimum Gasteiger partial charge on any atom is -0.358 e. The van der Waals surface area contributed by atoms with Crippen LogP contribution in [0.15, 0.2) is 48.5 Å². The van der Waals surface area contributed by atoms with Gasteiger partial charge < -0.3 is 4.98 Å². The van der Waals surface area contributed by atoms with Crippen LogP contribution in [0.3, 0.4) is 0 Å². The molecule has 1 N–H and O–H groups in total. The molecular formula is C16H15N. The molecule has 0 aliphatic rings. The Morgan fingerprint density at radius 1 is 0.824 bits per heavy atom. The molecule has 84 valence electrons. The van der Waals surface area contributed by atoms with Gasteiger partial charge in [-0.25, -0.2) is 0 Å². The molecule has 1 nitrogen and oxygen atoms in total. The molecule has 0 aliphatic heterocycles. The van der Waals surface area contributed by atoms with Crippen LogP contribution in [0.4, 0.5) is 0 Å². The fraction of sp³-hybridized carbons (Fsp3) is 0.125. The summed E-state index contributed by atoms with van der Waals surface area (Å²) in [6, 6.07) is 17.2. The molecule has 0 saturated carbocycles. The predicted octanol–water partition coefficient (Wildman–Crippen LogP) is 4.45. The summed E-state index contributed by atoms with van der Waals surface area (Å²) < 4.78 is 0. The highest BCUT2D eigenvalue weighted by atomic mass is 14.7. The van der Waals surface area contributed by atoms with Crippen LogP contribution in [0.25, 0.3) is 22.0 Å². The summed E-state index contributed by atoms with van der Waals surface area (Å²) >= 11 is 0. The standard InChI is InChI=1S/C16H15N/c1-11-9-12(2)17-16(11)15-8-7-13-5-3-4-6-14(13)10-15/h3-10,17H,1-2H3. The molecule has 0 unspecified atom stereocenters. The van der Waals surface area contributed by atoms with Gasteiger partial charge in [-0.3, -0.25) is 0 Å². The van der Waals surface area contributed by atoms with E-state index in [1.807, 2.05) is 0 Å². The fourth-order valence-corrected chi connectivity index (χ4v) is 2.37. The maximum Gasteiger partial charge on any atom is 0.0485 e. The molecule has 0 saturated heterocycles. The summed E-state index contributed by atoms with van der Waals surface area (Å²) in [5.41, 5.74) is 5.01. The quantitative estimate of drug-likeness (QED) is 0.624. The van der Waals surface area contributed by atoms with Crippen molar-refractivity contribution in [1.82, 2.24) is 4.98 Å². The van der Waals surface area contributed by atoms with Gasteiger partial charge in [-0.15, -0.1) is 0 Å². The minimum absolute atomic E-state index is 1.21. The third kappa shape index (κ3) is 1.74. The van der Waals surface area contributed by atoms with Gasteiger partial charge in [0.1, 0.15) is 0 Å². The van der Waals surface area contributed by atoms with Crippen LogP contribution in [0.1, 0.15) is 11.3 Å². The molecule has 2 aromatic carbocycles. The van der Waals surface area contributed by atoms with Crippen molar-refractivity contribution in [2.45, 2.75) is 13.8 Å². The normalized spacial score (nSPS) is 10.9. The molecule has 0 amide bonds. The number of aryl methyl sites for hydroxylation is 2. The van der Waals surface area contributed by atoms with E-state index in [9.17, 15) is 0 Å². The number of benzene rings is 2. The van der Waals surface area contributed by atoms with Gasteiger partial charge in [0, 0.05) is 11.4 Å². The van der Waals surface area contributed by atoms with E-state index in [-0.39, 0.29) is 0 Å². The molecule has 1 heteroatoms. The van der Waals surface area contributed by atoms with Crippen LogP contribution in [0, 0.1) is 13.8 Å². The maximum absolute atomic E-state index is 3.43. The van der Waals surface area contributed by atoms with Crippen molar-refractivity contribution in [2.75, 3.05) is 0 Å². The molecule has 0 aliphatic carbocycles. The number of rotatable bonds is 1. The van der Waals surface area contributed by atoms with Crippen molar-refractivity contribution in [2.24, 2.45) is 0 Å². The molecule has 0 spiro atoms. The monoisotopic (exact) mass is 221 g/mol. The molecule has 17 heavy (non-hydrogen) atoms. The van der Waals surface area contributed by atoms with Crippen LogP contribution in [-0.2, 0) is 0 Å². The van der Waals surface area contributed by atoms with Crippen LogP contribution in [0.5, 0.6) is 0 Å². The van der Waals surface area contributed by atoms with Crippen molar-refractivity contribution in [1.29, 1.82) is 0 Å². The van der Waals surface area contributed by atoms with Gasteiger partial charge in [-0.2, -0.15) is 0 Å². The van der Waals surface area contributed by atoms with E-state index in [4.69, 9.17) is 0 Å². The second kappa shape index (κ2) is 3.77. The summed E-state index contributed by atoms with van der Waals surface area (Å²) in [6.45, 7) is 4.24. The first-order valence-corrected chi connectivity index (χ1v) is 5.89. The number of aromatic nitrogens is 1. The van der Waals surface area contributed by atoms with Gasteiger partial charge in [0.25, 0.3) is 0 Å². The summed E-state index contributed by atoms with van der Waals surface area (Å²) in [6.07, 6.45) is 0. The largest absolute Gasteiger partial charge is 0.358 e. The van der Waals surface area contributed by atoms with Crippen molar-refractivity contribution in [3.63, 3.8) is 0 Å². The van der Waals surface area contributed by atoms with Gasteiger partial charge in [-0.1, -0.05) is 36.4 Å². The second-order valence-electron chi connectivity index (χ2n) is 4.57. The molecule has 3 aromatic rings. The first-order valence-electron chi connectivity index (χ1n) is 5.89. The SMILES string of the molecule is Cc1cc(C)c(-c2ccc3ccccc3c2)[nH]1. The predicted molar refractivity (Wildman–Crippen MR) is 73.2 cm³/mol. The van der Waals surface area contributed by atoms with Crippen molar-refractivity contribution >= 4 is 10.8 Å². The highest BCUT2D eigenvalue weighted by Crippen LogP contribution is 2.26. The summed E-state index contributed by atoms with van der Waals surface area (Å²) in [5, 5.41) is 2.58. The Kier molecular flexibility index (Phi) is 2.25. The second-order valence-corrected chi connectivity index (χ2v) is 4.57. The smallest absolute Gasteiger partial charge is 0.0485 e. The number of fused-ring (bicyclic) bond motifs is 1. The molecule has 3 rings (SSSR count). The fourth-order valence-electron chi connectivity index (χ4n) is 2.37. The first-order chi connectivity index (χ1) is 8.24. The van der Waals surface area contributed by atoms with Gasteiger partial charge in [0.2, 0.25) is 0 Å². The Morgan fingerprint density at radius 3 is 2.29 bits per heavy atom. The first kappa shape index (κ1) is 10.2. The van der Waals surface area contributed by atoms with E-state index in [1.54, 1.807) is 0 Å². The molecule has 0 radical (unpaired) electrons. The van der Waals surface area contributed by atoms with Crippen molar-refractivity contribution in [3.8, 4) is 11.3 Å². The van der Waals surface area contributed by atoms with E-state index in [2.05, 4.69) is 67.4 Å². The lowest BCUT2D eigenvalue weighted by molar-refractivity contribution is 1.27. The number of H-pyrrole nitrogens is 1. The number of aromatic amines is 1. The van der Waals surface area contributed by atoms with Gasteiger partial charge >= 0.3 is 0 Å². The zero-order chi connectivity index (χ0) is 11.8. The Balaban J connectivity index is 2.21. The molecule has 0 bridgehead atoms. The average molecular weight is 221 g/mol. The lowest BCUT2D eigenvalue weighted by atomic mass is 10.0. The van der Waals surface area contributed by atoms with Crippen LogP contribution < -0.4 is 0 Å². The topological polar surface area (TPSA) is 15.8 Å². The summed E-state index contributed by atoms with van der Waals surface area (Å²) in [7, 11) is 0. The Morgan fingerprint density at radius 2 is 1.59 bits per heavy atom.